The summed E-state index contributed by atoms with van der Waals surface area (Å²) in [6.07, 6.45) is 1.52. The van der Waals surface area contributed by atoms with Gasteiger partial charge in [0.2, 0.25) is 11.8 Å². The second-order valence-electron chi connectivity index (χ2n) is 6.68. The minimum atomic E-state index is -0.469. The first kappa shape index (κ1) is 18.3. The predicted molar refractivity (Wildman–Crippen MR) is 93.5 cm³/mol. The number of para-hydroxylation sites is 1. The van der Waals surface area contributed by atoms with Crippen molar-refractivity contribution in [1.82, 2.24) is 9.80 Å². The van der Waals surface area contributed by atoms with Gasteiger partial charge in [-0.05, 0) is 12.8 Å². The molecule has 8 nitrogen and oxygen atoms in total. The van der Waals surface area contributed by atoms with Gasteiger partial charge in [0, 0.05) is 37.8 Å². The van der Waals surface area contributed by atoms with Crippen LogP contribution >= 0.6 is 0 Å². The molecule has 2 amide bonds. The molecule has 2 heterocycles. The quantitative estimate of drug-likeness (QED) is 0.594. The molecule has 1 unspecified atom stereocenters. The van der Waals surface area contributed by atoms with Crippen molar-refractivity contribution in [2.24, 2.45) is 5.92 Å². The van der Waals surface area contributed by atoms with Gasteiger partial charge in [-0.3, -0.25) is 19.7 Å². The van der Waals surface area contributed by atoms with Crippen molar-refractivity contribution in [3.63, 3.8) is 0 Å². The lowest BCUT2D eigenvalue weighted by molar-refractivity contribution is -0.385. The van der Waals surface area contributed by atoms with E-state index in [0.29, 0.717) is 45.0 Å². The Morgan fingerprint density at radius 1 is 1.15 bits per heavy atom. The van der Waals surface area contributed by atoms with Crippen molar-refractivity contribution in [3.8, 4) is 0 Å². The standard InChI is InChI=1S/C18H23N3O5/c22-17(12-14-4-1-2-6-16(14)21(24)25)20-7-3-5-15(13-20)18(23)19-8-10-26-11-9-19/h1-2,4,6,15H,3,5,7-13H2. The van der Waals surface area contributed by atoms with Crippen LogP contribution in [0.3, 0.4) is 0 Å². The van der Waals surface area contributed by atoms with E-state index in [-0.39, 0.29) is 29.8 Å². The molecule has 8 heteroatoms. The number of carbonyl (C=O) groups is 2. The Balaban J connectivity index is 1.63. The molecule has 1 aromatic carbocycles. The van der Waals surface area contributed by atoms with Gasteiger partial charge in [0.15, 0.2) is 0 Å². The van der Waals surface area contributed by atoms with Gasteiger partial charge in [0.25, 0.3) is 5.69 Å². The van der Waals surface area contributed by atoms with Crippen LogP contribution in [0.15, 0.2) is 24.3 Å². The molecule has 3 rings (SSSR count). The molecule has 2 fully saturated rings. The van der Waals surface area contributed by atoms with Crippen LogP contribution in [0, 0.1) is 16.0 Å². The number of hydrogen-bond acceptors (Lipinski definition) is 5. The molecule has 2 saturated heterocycles. The molecule has 2 aliphatic rings. The Morgan fingerprint density at radius 2 is 1.88 bits per heavy atom. The highest BCUT2D eigenvalue weighted by Gasteiger charge is 2.32. The van der Waals surface area contributed by atoms with E-state index in [1.165, 1.54) is 6.07 Å². The summed E-state index contributed by atoms with van der Waals surface area (Å²) < 4.78 is 5.28. The minimum absolute atomic E-state index is 0.0182. The number of ether oxygens (including phenoxy) is 1. The average Bonchev–Trinajstić information content (AvgIpc) is 2.68. The average molecular weight is 361 g/mol. The third-order valence-corrected chi connectivity index (χ3v) is 4.98. The van der Waals surface area contributed by atoms with E-state index in [2.05, 4.69) is 0 Å². The maximum atomic E-state index is 12.7. The van der Waals surface area contributed by atoms with Gasteiger partial charge in [-0.25, -0.2) is 0 Å². The molecule has 140 valence electrons. The van der Waals surface area contributed by atoms with Crippen LogP contribution in [-0.4, -0.2) is 65.9 Å². The smallest absolute Gasteiger partial charge is 0.273 e. The number of amides is 2. The lowest BCUT2D eigenvalue weighted by atomic mass is 9.95. The van der Waals surface area contributed by atoms with E-state index in [1.54, 1.807) is 23.1 Å². The maximum Gasteiger partial charge on any atom is 0.273 e. The van der Waals surface area contributed by atoms with Gasteiger partial charge in [-0.2, -0.15) is 0 Å². The number of benzene rings is 1. The van der Waals surface area contributed by atoms with Gasteiger partial charge in [0.05, 0.1) is 30.5 Å². The highest BCUT2D eigenvalue weighted by molar-refractivity contribution is 5.83. The fraction of sp³-hybridized carbons (Fsp3) is 0.556. The molecular formula is C18H23N3O5. The lowest BCUT2D eigenvalue weighted by Gasteiger charge is -2.36. The lowest BCUT2D eigenvalue weighted by Crippen LogP contribution is -2.49. The van der Waals surface area contributed by atoms with Crippen molar-refractivity contribution in [3.05, 3.63) is 39.9 Å². The predicted octanol–water partition coefficient (Wildman–Crippen LogP) is 1.23. The Morgan fingerprint density at radius 3 is 2.62 bits per heavy atom. The first-order valence-corrected chi connectivity index (χ1v) is 8.93. The van der Waals surface area contributed by atoms with Crippen LogP contribution in [-0.2, 0) is 20.7 Å². The summed E-state index contributed by atoms with van der Waals surface area (Å²) in [7, 11) is 0. The Hall–Kier alpha value is -2.48. The van der Waals surface area contributed by atoms with Crippen molar-refractivity contribution in [1.29, 1.82) is 0 Å². The van der Waals surface area contributed by atoms with Crippen LogP contribution in [0.25, 0.3) is 0 Å². The normalized spacial score (nSPS) is 20.7. The molecule has 0 radical (unpaired) electrons. The minimum Gasteiger partial charge on any atom is -0.378 e. The third-order valence-electron chi connectivity index (χ3n) is 4.98. The Bertz CT molecular complexity index is 687. The zero-order valence-corrected chi connectivity index (χ0v) is 14.6. The maximum absolute atomic E-state index is 12.7. The van der Waals surface area contributed by atoms with E-state index in [4.69, 9.17) is 4.74 Å². The van der Waals surface area contributed by atoms with Crippen LogP contribution in [0.2, 0.25) is 0 Å². The SMILES string of the molecule is O=C(Cc1ccccc1[N+](=O)[O-])N1CCCC(C(=O)N2CCOCC2)C1. The Labute approximate surface area is 151 Å². The van der Waals surface area contributed by atoms with Crippen molar-refractivity contribution >= 4 is 17.5 Å². The van der Waals surface area contributed by atoms with Gasteiger partial charge in [-0.1, -0.05) is 18.2 Å². The zero-order chi connectivity index (χ0) is 18.5. The zero-order valence-electron chi connectivity index (χ0n) is 14.6. The van der Waals surface area contributed by atoms with E-state index in [9.17, 15) is 19.7 Å². The van der Waals surface area contributed by atoms with Crippen LogP contribution in [0.5, 0.6) is 0 Å². The van der Waals surface area contributed by atoms with E-state index in [0.717, 1.165) is 12.8 Å². The Kier molecular flexibility index (Phi) is 5.82. The first-order valence-electron chi connectivity index (χ1n) is 8.93. The summed E-state index contributed by atoms with van der Waals surface area (Å²) in [5, 5.41) is 11.1. The fourth-order valence-electron chi connectivity index (χ4n) is 3.56. The van der Waals surface area contributed by atoms with Crippen LogP contribution in [0.4, 0.5) is 5.69 Å². The summed E-state index contributed by atoms with van der Waals surface area (Å²) >= 11 is 0. The second-order valence-corrected chi connectivity index (χ2v) is 6.68. The topological polar surface area (TPSA) is 93.0 Å². The first-order chi connectivity index (χ1) is 12.6. The summed E-state index contributed by atoms with van der Waals surface area (Å²) in [5.74, 6) is -0.285. The third kappa shape index (κ3) is 4.19. The fourth-order valence-corrected chi connectivity index (χ4v) is 3.56. The number of nitrogens with zero attached hydrogens (tertiary/aromatic N) is 3. The van der Waals surface area contributed by atoms with Gasteiger partial charge in [-0.15, -0.1) is 0 Å². The highest BCUT2D eigenvalue weighted by atomic mass is 16.6. The van der Waals surface area contributed by atoms with Crippen molar-refractivity contribution in [2.45, 2.75) is 19.3 Å². The molecule has 1 aromatic rings. The van der Waals surface area contributed by atoms with Gasteiger partial charge in [0.1, 0.15) is 0 Å². The van der Waals surface area contributed by atoms with Gasteiger partial charge >= 0.3 is 0 Å². The number of carbonyl (C=O) groups excluding carboxylic acids is 2. The molecule has 2 aliphatic heterocycles. The number of nitro benzene ring substituents is 1. The number of nitro groups is 1. The second kappa shape index (κ2) is 8.27. The number of likely N-dealkylation sites (tertiary alicyclic amines) is 1. The molecule has 0 bridgehead atoms. The molecule has 0 aromatic heterocycles. The molecular weight excluding hydrogens is 338 g/mol. The summed E-state index contributed by atoms with van der Waals surface area (Å²) in [5.41, 5.74) is 0.364. The van der Waals surface area contributed by atoms with Crippen LogP contribution in [0.1, 0.15) is 18.4 Å². The highest BCUT2D eigenvalue weighted by Crippen LogP contribution is 2.23. The number of piperidine rings is 1. The summed E-state index contributed by atoms with van der Waals surface area (Å²) in [4.78, 5) is 39.4. The van der Waals surface area contributed by atoms with E-state index < -0.39 is 4.92 Å². The van der Waals surface area contributed by atoms with E-state index in [1.807, 2.05) is 4.90 Å². The molecule has 1 atom stereocenters. The van der Waals surface area contributed by atoms with Crippen molar-refractivity contribution < 1.29 is 19.2 Å². The monoisotopic (exact) mass is 361 g/mol. The molecule has 0 saturated carbocycles. The molecule has 0 aliphatic carbocycles. The number of hydrogen-bond donors (Lipinski definition) is 0. The molecule has 0 N–H and O–H groups in total. The molecule has 0 spiro atoms. The van der Waals surface area contributed by atoms with E-state index >= 15 is 0 Å². The van der Waals surface area contributed by atoms with Crippen molar-refractivity contribution in [2.75, 3.05) is 39.4 Å². The molecule has 26 heavy (non-hydrogen) atoms. The number of rotatable bonds is 4. The largest absolute Gasteiger partial charge is 0.378 e. The van der Waals surface area contributed by atoms with Gasteiger partial charge < -0.3 is 14.5 Å². The summed E-state index contributed by atoms with van der Waals surface area (Å²) in [6.45, 7) is 3.28. The van der Waals surface area contributed by atoms with Crippen LogP contribution < -0.4 is 0 Å². The number of morpholine rings is 1. The summed E-state index contributed by atoms with van der Waals surface area (Å²) in [6, 6.07) is 6.29.